The van der Waals surface area contributed by atoms with E-state index in [2.05, 4.69) is 42.8 Å². The zero-order chi connectivity index (χ0) is 48.8. The van der Waals surface area contributed by atoms with Gasteiger partial charge in [-0.05, 0) is 96.1 Å². The molecule has 0 saturated carbocycles. The van der Waals surface area contributed by atoms with E-state index < -0.39 is 50.3 Å². The fourth-order valence-electron chi connectivity index (χ4n) is 6.85. The van der Waals surface area contributed by atoms with Crippen molar-refractivity contribution >= 4 is 118 Å². The molecular weight excluding hydrogens is 983 g/mol. The van der Waals surface area contributed by atoms with Gasteiger partial charge in [-0.15, -0.1) is 10.2 Å². The Morgan fingerprint density at radius 1 is 0.588 bits per heavy atom. The third-order valence-electron chi connectivity index (χ3n) is 10.0. The van der Waals surface area contributed by atoms with E-state index in [1.54, 1.807) is 13.0 Å². The van der Waals surface area contributed by atoms with Gasteiger partial charge in [0.2, 0.25) is 5.13 Å². The molecule has 2 aromatic heterocycles. The van der Waals surface area contributed by atoms with E-state index >= 15 is 0 Å². The van der Waals surface area contributed by atoms with Crippen LogP contribution in [0.4, 0.5) is 44.5 Å². The Morgan fingerprint density at radius 2 is 1.19 bits per heavy atom. The number of hydrazine groups is 1. The molecule has 68 heavy (non-hydrogen) atoms. The van der Waals surface area contributed by atoms with Crippen molar-refractivity contribution in [2.75, 3.05) is 21.5 Å². The molecule has 0 bridgehead atoms. The van der Waals surface area contributed by atoms with Crippen LogP contribution < -0.4 is 21.5 Å². The Kier molecular flexibility index (Phi) is 12.4. The first-order valence-corrected chi connectivity index (χ1v) is 25.7. The van der Waals surface area contributed by atoms with Gasteiger partial charge >= 0.3 is 0 Å². The summed E-state index contributed by atoms with van der Waals surface area (Å²) in [6.45, 7) is 1.59. The molecule has 2 heterocycles. The van der Waals surface area contributed by atoms with Crippen LogP contribution in [0.1, 0.15) is 11.1 Å². The summed E-state index contributed by atoms with van der Waals surface area (Å²) < 4.78 is 135. The standard InChI is InChI=1S/C42H31N9O12S5/c1-23-34(22-43)39(44-27-11-15-30(16-12-27)65(52,53)54)47-40(45-28-13-17-31(18-14-28)66(55,56)57)37(23)49-51-42-46-38(26-10-9-24-5-2-3-6-25(24)19-26)41(64-42)50-48-29-20-33-32(36(21-29)68(61,62)63)7-4-8-35(33)67(58,59)60/h2-21,49H,1H3,(H,46,51)(H2,44,45,47)(H,52,53,54)(H,55,56,57)(H,58,59,60)(H,61,62,63). The highest BCUT2D eigenvalue weighted by atomic mass is 32.2. The molecule has 0 aliphatic rings. The molecular formula is C42H31N9O12S5. The van der Waals surface area contributed by atoms with Crippen LogP contribution >= 0.6 is 11.3 Å². The molecule has 0 aliphatic carbocycles. The molecule has 8 rings (SSSR count). The van der Waals surface area contributed by atoms with Crippen LogP contribution in [0.5, 0.6) is 0 Å². The minimum atomic E-state index is -4.97. The van der Waals surface area contributed by atoms with Gasteiger partial charge in [-0.2, -0.15) is 38.9 Å². The van der Waals surface area contributed by atoms with Crippen molar-refractivity contribution in [3.05, 3.63) is 132 Å². The van der Waals surface area contributed by atoms with Gasteiger partial charge in [-0.3, -0.25) is 29.1 Å². The van der Waals surface area contributed by atoms with E-state index in [-0.39, 0.29) is 76.3 Å². The number of thiazole rings is 1. The number of pyridine rings is 1. The molecule has 21 nitrogen and oxygen atoms in total. The monoisotopic (exact) mass is 1010 g/mol. The number of fused-ring (bicyclic) bond motifs is 2. The van der Waals surface area contributed by atoms with Gasteiger partial charge in [-0.25, -0.2) is 9.97 Å². The third-order valence-corrected chi connectivity index (χ3v) is 14.4. The number of hydrogen-bond donors (Lipinski definition) is 8. The van der Waals surface area contributed by atoms with Crippen LogP contribution in [0, 0.1) is 18.3 Å². The van der Waals surface area contributed by atoms with Gasteiger partial charge in [-0.1, -0.05) is 59.9 Å². The summed E-state index contributed by atoms with van der Waals surface area (Å²) in [6, 6.07) is 30.7. The van der Waals surface area contributed by atoms with Crippen molar-refractivity contribution in [1.82, 2.24) is 9.97 Å². The van der Waals surface area contributed by atoms with Gasteiger partial charge in [0.25, 0.3) is 40.5 Å². The van der Waals surface area contributed by atoms with Crippen molar-refractivity contribution in [2.45, 2.75) is 26.5 Å². The maximum absolute atomic E-state index is 12.5. The lowest BCUT2D eigenvalue weighted by Crippen LogP contribution is -2.14. The summed E-state index contributed by atoms with van der Waals surface area (Å²) in [7, 11) is -18.9. The van der Waals surface area contributed by atoms with Crippen LogP contribution in [-0.2, 0) is 40.5 Å². The highest BCUT2D eigenvalue weighted by Crippen LogP contribution is 2.42. The van der Waals surface area contributed by atoms with E-state index in [0.29, 0.717) is 11.1 Å². The van der Waals surface area contributed by atoms with Gasteiger partial charge in [0, 0.05) is 27.7 Å². The zero-order valence-electron chi connectivity index (χ0n) is 34.4. The van der Waals surface area contributed by atoms with Crippen LogP contribution in [0.2, 0.25) is 0 Å². The molecule has 0 aliphatic heterocycles. The highest BCUT2D eigenvalue weighted by molar-refractivity contribution is 7.86. The summed E-state index contributed by atoms with van der Waals surface area (Å²) >= 11 is 0.948. The predicted octanol–water partition coefficient (Wildman–Crippen LogP) is 9.02. The summed E-state index contributed by atoms with van der Waals surface area (Å²) in [4.78, 5) is 7.30. The average Bonchev–Trinajstić information content (AvgIpc) is 3.69. The maximum atomic E-state index is 12.5. The fourth-order valence-corrected chi connectivity index (χ4v) is 10.00. The lowest BCUT2D eigenvalue weighted by atomic mass is 10.1. The smallest absolute Gasteiger partial charge is 0.295 e. The van der Waals surface area contributed by atoms with E-state index in [1.807, 2.05) is 36.4 Å². The fraction of sp³-hybridized carbons (Fsp3) is 0.0238. The molecule has 6 aromatic carbocycles. The molecule has 0 amide bonds. The predicted molar refractivity (Wildman–Crippen MR) is 253 cm³/mol. The SMILES string of the molecule is Cc1c(C#N)c(Nc2ccc(S(=O)(=O)O)cc2)nc(Nc2ccc(S(=O)(=O)O)cc2)c1NNc1nc(-c2ccc3ccccc3c2)c(N=Nc2cc(S(=O)(=O)O)c3cccc(S(=O)(=O)O)c3c2)s1. The molecule has 0 unspecified atom stereocenters. The molecule has 0 fully saturated rings. The van der Waals surface area contributed by atoms with Gasteiger partial charge in [0.1, 0.15) is 27.2 Å². The van der Waals surface area contributed by atoms with E-state index in [1.165, 1.54) is 42.5 Å². The van der Waals surface area contributed by atoms with Crippen LogP contribution in [0.25, 0.3) is 32.8 Å². The number of rotatable bonds is 14. The average molecular weight is 1010 g/mol. The zero-order valence-corrected chi connectivity index (χ0v) is 38.5. The summed E-state index contributed by atoms with van der Waals surface area (Å²) in [5.41, 5.74) is 7.67. The topological polar surface area (TPSA) is 340 Å². The van der Waals surface area contributed by atoms with Crippen LogP contribution in [-0.4, -0.2) is 61.9 Å². The minimum absolute atomic E-state index is 0.00250. The Balaban J connectivity index is 1.21. The van der Waals surface area contributed by atoms with Crippen LogP contribution in [0.15, 0.2) is 151 Å². The van der Waals surface area contributed by atoms with E-state index in [4.69, 9.17) is 4.98 Å². The van der Waals surface area contributed by atoms with Crippen LogP contribution in [0.3, 0.4) is 0 Å². The number of hydrogen-bond acceptors (Lipinski definition) is 18. The number of benzene rings is 6. The van der Waals surface area contributed by atoms with Gasteiger partial charge in [0.05, 0.1) is 21.0 Å². The Bertz CT molecular complexity index is 3880. The molecule has 26 heteroatoms. The summed E-state index contributed by atoms with van der Waals surface area (Å²) in [5, 5.41) is 26.6. The first-order chi connectivity index (χ1) is 32.1. The van der Waals surface area contributed by atoms with Gasteiger partial charge in [0.15, 0.2) is 16.6 Å². The second-order valence-corrected chi connectivity index (χ2v) is 21.1. The largest absolute Gasteiger partial charge is 0.339 e. The second-order valence-electron chi connectivity index (χ2n) is 14.5. The first kappa shape index (κ1) is 47.1. The van der Waals surface area contributed by atoms with Gasteiger partial charge < -0.3 is 10.6 Å². The van der Waals surface area contributed by atoms with Crippen molar-refractivity contribution < 1.29 is 51.9 Å². The second kappa shape index (κ2) is 18.0. The number of azo groups is 1. The lowest BCUT2D eigenvalue weighted by Gasteiger charge is -2.19. The molecule has 0 saturated heterocycles. The van der Waals surface area contributed by atoms with Crippen molar-refractivity contribution in [3.63, 3.8) is 0 Å². The maximum Gasteiger partial charge on any atom is 0.295 e. The van der Waals surface area contributed by atoms with E-state index in [9.17, 15) is 57.1 Å². The number of nitrogens with one attached hydrogen (secondary N) is 4. The first-order valence-electron chi connectivity index (χ1n) is 19.2. The molecule has 0 radical (unpaired) electrons. The van der Waals surface area contributed by atoms with Crippen molar-refractivity contribution in [1.29, 1.82) is 5.26 Å². The number of anilines is 6. The van der Waals surface area contributed by atoms with E-state index in [0.717, 1.165) is 58.5 Å². The molecule has 0 atom stereocenters. The molecule has 346 valence electrons. The quantitative estimate of drug-likeness (QED) is 0.0286. The number of nitrogens with zero attached hydrogens (tertiary/aromatic N) is 5. The third kappa shape index (κ3) is 10.1. The summed E-state index contributed by atoms with van der Waals surface area (Å²) in [6.07, 6.45) is 0. The summed E-state index contributed by atoms with van der Waals surface area (Å²) in [5.74, 6) is 0.0457. The normalized spacial score (nSPS) is 12.3. The Morgan fingerprint density at radius 3 is 1.78 bits per heavy atom. The van der Waals surface area contributed by atoms with Crippen molar-refractivity contribution in [3.8, 4) is 17.3 Å². The molecule has 8 aromatic rings. The molecule has 0 spiro atoms. The highest BCUT2D eigenvalue weighted by Gasteiger charge is 2.23. The Hall–Kier alpha value is -7.45. The number of nitriles is 1. The van der Waals surface area contributed by atoms with Crippen molar-refractivity contribution in [2.24, 2.45) is 10.2 Å². The lowest BCUT2D eigenvalue weighted by molar-refractivity contribution is 0.481. The minimum Gasteiger partial charge on any atom is -0.339 e. The molecule has 8 N–H and O–H groups in total. The Labute approximate surface area is 390 Å². The number of aromatic nitrogens is 2.